The molecule has 0 unspecified atom stereocenters. The molecule has 1 saturated heterocycles. The molecule has 0 aliphatic carbocycles. The fraction of sp³-hybridized carbons (Fsp3) is 0.538. The van der Waals surface area contributed by atoms with Crippen LogP contribution in [-0.2, 0) is 0 Å². The van der Waals surface area contributed by atoms with E-state index in [0.29, 0.717) is 6.04 Å². The summed E-state index contributed by atoms with van der Waals surface area (Å²) in [5, 5.41) is 5.58. The molecular weight excluding hydrogens is 287 g/mol. The van der Waals surface area contributed by atoms with Gasteiger partial charge in [-0.05, 0) is 24.8 Å². The molecule has 1 aliphatic heterocycles. The Kier molecular flexibility index (Phi) is 8.91. The van der Waals surface area contributed by atoms with Crippen LogP contribution in [0.25, 0.3) is 0 Å². The maximum absolute atomic E-state index is 4.06. The SMILES string of the molecule is C=C(C)C[C@@H](c1cccs1)N1CCNCC1.Cl.Cl. The molecule has 1 aromatic rings. The zero-order valence-corrected chi connectivity index (χ0v) is 13.2. The second kappa shape index (κ2) is 8.94. The van der Waals surface area contributed by atoms with E-state index in [1.54, 1.807) is 0 Å². The third-order valence-corrected chi connectivity index (χ3v) is 3.98. The number of rotatable bonds is 4. The summed E-state index contributed by atoms with van der Waals surface area (Å²) >= 11 is 1.86. The Morgan fingerprint density at radius 3 is 2.61 bits per heavy atom. The first-order chi connectivity index (χ1) is 7.77. The van der Waals surface area contributed by atoms with Crippen LogP contribution in [0.1, 0.15) is 24.3 Å². The average molecular weight is 309 g/mol. The quantitative estimate of drug-likeness (QED) is 0.856. The van der Waals surface area contributed by atoms with Crippen LogP contribution in [-0.4, -0.2) is 31.1 Å². The number of piperazine rings is 1. The Morgan fingerprint density at radius 1 is 1.44 bits per heavy atom. The molecular formula is C13H22Cl2N2S. The van der Waals surface area contributed by atoms with Crippen molar-refractivity contribution < 1.29 is 0 Å². The van der Waals surface area contributed by atoms with Crippen LogP contribution in [0.3, 0.4) is 0 Å². The van der Waals surface area contributed by atoms with Crippen LogP contribution in [0.4, 0.5) is 0 Å². The second-order valence-corrected chi connectivity index (χ2v) is 5.46. The van der Waals surface area contributed by atoms with Crippen LogP contribution < -0.4 is 5.32 Å². The standard InChI is InChI=1S/C13H20N2S.2ClH/c1-11(2)10-12(13-4-3-9-16-13)15-7-5-14-6-8-15;;/h3-4,9,12,14H,1,5-8,10H2,2H3;2*1H/t12-;;/m0../s1. The van der Waals surface area contributed by atoms with Crippen LogP contribution >= 0.6 is 36.2 Å². The van der Waals surface area contributed by atoms with Gasteiger partial charge in [0.05, 0.1) is 0 Å². The van der Waals surface area contributed by atoms with Crippen LogP contribution in [0.5, 0.6) is 0 Å². The van der Waals surface area contributed by atoms with E-state index in [9.17, 15) is 0 Å². The highest BCUT2D eigenvalue weighted by Gasteiger charge is 2.22. The molecule has 2 nitrogen and oxygen atoms in total. The molecule has 0 radical (unpaired) electrons. The number of hydrogen-bond donors (Lipinski definition) is 1. The van der Waals surface area contributed by atoms with E-state index in [-0.39, 0.29) is 24.8 Å². The molecule has 5 heteroatoms. The third-order valence-electron chi connectivity index (χ3n) is 3.01. The Morgan fingerprint density at radius 2 is 2.11 bits per heavy atom. The minimum atomic E-state index is 0. The fourth-order valence-corrected chi connectivity index (χ4v) is 3.08. The highest BCUT2D eigenvalue weighted by atomic mass is 35.5. The van der Waals surface area contributed by atoms with Gasteiger partial charge in [-0.2, -0.15) is 0 Å². The lowest BCUT2D eigenvalue weighted by Crippen LogP contribution is -2.45. The molecule has 2 heterocycles. The summed E-state index contributed by atoms with van der Waals surface area (Å²) < 4.78 is 0. The Balaban J connectivity index is 0.00000144. The average Bonchev–Trinajstić information content (AvgIpc) is 2.80. The molecule has 0 bridgehead atoms. The maximum Gasteiger partial charge on any atom is 0.0479 e. The van der Waals surface area contributed by atoms with E-state index in [1.165, 1.54) is 10.5 Å². The topological polar surface area (TPSA) is 15.3 Å². The van der Waals surface area contributed by atoms with Gasteiger partial charge < -0.3 is 5.32 Å². The molecule has 0 saturated carbocycles. The van der Waals surface area contributed by atoms with E-state index in [0.717, 1.165) is 32.6 Å². The van der Waals surface area contributed by atoms with E-state index in [1.807, 2.05) is 11.3 Å². The summed E-state index contributed by atoms with van der Waals surface area (Å²) in [5.74, 6) is 0. The van der Waals surface area contributed by atoms with Crippen LogP contribution in [0.15, 0.2) is 29.7 Å². The van der Waals surface area contributed by atoms with Gasteiger partial charge >= 0.3 is 0 Å². The fourth-order valence-electron chi connectivity index (χ4n) is 2.21. The van der Waals surface area contributed by atoms with Crippen molar-refractivity contribution in [3.63, 3.8) is 0 Å². The smallest absolute Gasteiger partial charge is 0.0479 e. The van der Waals surface area contributed by atoms with Gasteiger partial charge in [-0.3, -0.25) is 4.90 Å². The molecule has 0 aromatic carbocycles. The van der Waals surface area contributed by atoms with E-state index >= 15 is 0 Å². The molecule has 1 fully saturated rings. The van der Waals surface area contributed by atoms with Gasteiger partial charge in [-0.1, -0.05) is 11.6 Å². The van der Waals surface area contributed by atoms with Crippen molar-refractivity contribution in [2.45, 2.75) is 19.4 Å². The van der Waals surface area contributed by atoms with Gasteiger partial charge in [0.1, 0.15) is 0 Å². The maximum atomic E-state index is 4.06. The highest BCUT2D eigenvalue weighted by Crippen LogP contribution is 2.30. The van der Waals surface area contributed by atoms with Crippen molar-refractivity contribution in [3.05, 3.63) is 34.5 Å². The first-order valence-corrected chi connectivity index (χ1v) is 6.78. The normalized spacial score (nSPS) is 17.4. The molecule has 0 amide bonds. The van der Waals surface area contributed by atoms with Gasteiger partial charge in [0.2, 0.25) is 0 Å². The molecule has 1 atom stereocenters. The zero-order valence-electron chi connectivity index (χ0n) is 10.7. The van der Waals surface area contributed by atoms with Gasteiger partial charge in [-0.25, -0.2) is 0 Å². The predicted octanol–water partition coefficient (Wildman–Crippen LogP) is 3.50. The van der Waals surface area contributed by atoms with Gasteiger partial charge in [0, 0.05) is 37.1 Å². The Hall–Kier alpha value is -0.0600. The molecule has 2 rings (SSSR count). The summed E-state index contributed by atoms with van der Waals surface area (Å²) in [6.07, 6.45) is 1.08. The first kappa shape index (κ1) is 17.9. The number of hydrogen-bond acceptors (Lipinski definition) is 3. The lowest BCUT2D eigenvalue weighted by Gasteiger charge is -2.34. The summed E-state index contributed by atoms with van der Waals surface area (Å²) in [6.45, 7) is 10.7. The van der Waals surface area contributed by atoms with Gasteiger partial charge in [-0.15, -0.1) is 42.7 Å². The highest BCUT2D eigenvalue weighted by molar-refractivity contribution is 7.10. The second-order valence-electron chi connectivity index (χ2n) is 4.48. The molecule has 18 heavy (non-hydrogen) atoms. The van der Waals surface area contributed by atoms with E-state index in [2.05, 4.69) is 41.2 Å². The molecule has 104 valence electrons. The van der Waals surface area contributed by atoms with Crippen LogP contribution in [0.2, 0.25) is 0 Å². The summed E-state index contributed by atoms with van der Waals surface area (Å²) in [6, 6.07) is 4.94. The Bertz CT molecular complexity index is 335. The van der Waals surface area contributed by atoms with Crippen molar-refractivity contribution in [3.8, 4) is 0 Å². The zero-order chi connectivity index (χ0) is 11.4. The minimum absolute atomic E-state index is 0. The Labute approximate surface area is 126 Å². The van der Waals surface area contributed by atoms with Crippen molar-refractivity contribution in [1.29, 1.82) is 0 Å². The largest absolute Gasteiger partial charge is 0.314 e. The first-order valence-electron chi connectivity index (χ1n) is 5.90. The summed E-state index contributed by atoms with van der Waals surface area (Å²) in [4.78, 5) is 4.06. The van der Waals surface area contributed by atoms with Crippen molar-refractivity contribution in [2.24, 2.45) is 0 Å². The lowest BCUT2D eigenvalue weighted by atomic mass is 10.0. The minimum Gasteiger partial charge on any atom is -0.314 e. The monoisotopic (exact) mass is 308 g/mol. The number of nitrogens with one attached hydrogen (secondary N) is 1. The van der Waals surface area contributed by atoms with Crippen molar-refractivity contribution in [2.75, 3.05) is 26.2 Å². The number of halogens is 2. The molecule has 1 N–H and O–H groups in total. The third kappa shape index (κ3) is 4.90. The van der Waals surface area contributed by atoms with Crippen LogP contribution in [0, 0.1) is 0 Å². The predicted molar refractivity (Wildman–Crippen MR) is 85.4 cm³/mol. The van der Waals surface area contributed by atoms with Gasteiger partial charge in [0.25, 0.3) is 0 Å². The summed E-state index contributed by atoms with van der Waals surface area (Å²) in [5.41, 5.74) is 1.27. The van der Waals surface area contributed by atoms with Gasteiger partial charge in [0.15, 0.2) is 0 Å². The van der Waals surface area contributed by atoms with Crippen molar-refractivity contribution in [1.82, 2.24) is 10.2 Å². The number of thiophene rings is 1. The molecule has 1 aliphatic rings. The number of nitrogens with zero attached hydrogens (tertiary/aromatic N) is 1. The molecule has 1 aromatic heterocycles. The van der Waals surface area contributed by atoms with E-state index in [4.69, 9.17) is 0 Å². The summed E-state index contributed by atoms with van der Waals surface area (Å²) in [7, 11) is 0. The van der Waals surface area contributed by atoms with Crippen molar-refractivity contribution >= 4 is 36.2 Å². The molecule has 0 spiro atoms. The lowest BCUT2D eigenvalue weighted by molar-refractivity contribution is 0.175. The van der Waals surface area contributed by atoms with E-state index < -0.39 is 0 Å².